The van der Waals surface area contributed by atoms with E-state index in [0.717, 1.165) is 23.7 Å². The van der Waals surface area contributed by atoms with Crippen LogP contribution < -0.4 is 4.90 Å². The van der Waals surface area contributed by atoms with E-state index in [1.807, 2.05) is 25.1 Å². The summed E-state index contributed by atoms with van der Waals surface area (Å²) in [6, 6.07) is 6.34. The lowest BCUT2D eigenvalue weighted by Gasteiger charge is -2.45. The number of likely N-dealkylation sites (tertiary alicyclic amines) is 1. The SMILES string of the molecule is Cc1ccc2c(c1)C(=O)C(=O)N2CN1CCC[C@H]2CCCC[C@@H]21. The van der Waals surface area contributed by atoms with Gasteiger partial charge in [0.2, 0.25) is 0 Å². The number of fused-ring (bicyclic) bond motifs is 2. The molecule has 2 aliphatic heterocycles. The zero-order valence-corrected chi connectivity index (χ0v) is 13.8. The van der Waals surface area contributed by atoms with Gasteiger partial charge in [-0.2, -0.15) is 0 Å². The molecular weight excluding hydrogens is 288 g/mol. The maximum atomic E-state index is 12.5. The quantitative estimate of drug-likeness (QED) is 0.788. The smallest absolute Gasteiger partial charge is 0.291 e. The van der Waals surface area contributed by atoms with E-state index in [1.54, 1.807) is 4.90 Å². The number of nitrogens with zero attached hydrogens (tertiary/aromatic N) is 2. The summed E-state index contributed by atoms with van der Waals surface area (Å²) >= 11 is 0. The fraction of sp³-hybridized carbons (Fsp3) is 0.579. The van der Waals surface area contributed by atoms with Gasteiger partial charge in [-0.05, 0) is 50.7 Å². The van der Waals surface area contributed by atoms with E-state index < -0.39 is 0 Å². The van der Waals surface area contributed by atoms with Crippen LogP contribution in [0.5, 0.6) is 0 Å². The molecule has 1 aliphatic carbocycles. The van der Waals surface area contributed by atoms with Crippen LogP contribution in [0.4, 0.5) is 5.69 Å². The van der Waals surface area contributed by atoms with Crippen LogP contribution in [0.1, 0.15) is 54.4 Å². The minimum absolute atomic E-state index is 0.346. The molecule has 4 heteroatoms. The number of rotatable bonds is 2. The fourth-order valence-corrected chi connectivity index (χ4v) is 4.64. The van der Waals surface area contributed by atoms with Crippen molar-refractivity contribution in [2.24, 2.45) is 5.92 Å². The molecule has 0 bridgehead atoms. The minimum Gasteiger partial charge on any atom is -0.291 e. The Hall–Kier alpha value is -1.68. The Morgan fingerprint density at radius 1 is 1.09 bits per heavy atom. The van der Waals surface area contributed by atoms with Crippen molar-refractivity contribution in [2.75, 3.05) is 18.1 Å². The molecule has 0 spiro atoms. The van der Waals surface area contributed by atoms with Gasteiger partial charge in [0.25, 0.3) is 5.78 Å². The van der Waals surface area contributed by atoms with Gasteiger partial charge in [-0.3, -0.25) is 19.4 Å². The van der Waals surface area contributed by atoms with Gasteiger partial charge in [0.05, 0.1) is 17.9 Å². The molecule has 2 atom stereocenters. The van der Waals surface area contributed by atoms with Gasteiger partial charge < -0.3 is 0 Å². The van der Waals surface area contributed by atoms with Gasteiger partial charge in [-0.25, -0.2) is 0 Å². The first-order valence-electron chi connectivity index (χ1n) is 8.86. The van der Waals surface area contributed by atoms with Crippen molar-refractivity contribution in [1.29, 1.82) is 0 Å². The van der Waals surface area contributed by atoms with E-state index in [-0.39, 0.29) is 11.7 Å². The number of amides is 1. The topological polar surface area (TPSA) is 40.6 Å². The molecule has 1 aromatic rings. The molecule has 2 heterocycles. The summed E-state index contributed by atoms with van der Waals surface area (Å²) in [7, 11) is 0. The van der Waals surface area contributed by atoms with Gasteiger partial charge in [0, 0.05) is 12.6 Å². The monoisotopic (exact) mass is 312 g/mol. The Labute approximate surface area is 137 Å². The van der Waals surface area contributed by atoms with Gasteiger partial charge in [0.1, 0.15) is 0 Å². The molecule has 1 saturated heterocycles. The fourth-order valence-electron chi connectivity index (χ4n) is 4.64. The first-order chi connectivity index (χ1) is 11.1. The maximum Gasteiger partial charge on any atom is 0.300 e. The van der Waals surface area contributed by atoms with Gasteiger partial charge >= 0.3 is 5.91 Å². The second kappa shape index (κ2) is 5.75. The molecule has 0 aromatic heterocycles. The van der Waals surface area contributed by atoms with Gasteiger partial charge in [0.15, 0.2) is 0 Å². The third-order valence-corrected chi connectivity index (χ3v) is 5.81. The number of Topliss-reactive ketones (excluding diaryl/α,β-unsaturated/α-hetero) is 1. The third-order valence-electron chi connectivity index (χ3n) is 5.81. The standard InChI is InChI=1S/C19H24N2O2/c1-13-8-9-17-15(11-13)18(22)19(23)21(17)12-20-10-4-6-14-5-2-3-7-16(14)20/h8-9,11,14,16H,2-7,10,12H2,1H3/t14-,16+/m1/s1. The summed E-state index contributed by atoms with van der Waals surface area (Å²) in [5.41, 5.74) is 2.40. The van der Waals surface area contributed by atoms with E-state index in [4.69, 9.17) is 0 Å². The van der Waals surface area contributed by atoms with Gasteiger partial charge in [-0.1, -0.05) is 24.5 Å². The molecule has 4 nitrogen and oxygen atoms in total. The van der Waals surface area contributed by atoms with Crippen LogP contribution in [0, 0.1) is 12.8 Å². The summed E-state index contributed by atoms with van der Waals surface area (Å²) in [4.78, 5) is 28.9. The lowest BCUT2D eigenvalue weighted by Crippen LogP contribution is -2.52. The van der Waals surface area contributed by atoms with E-state index in [0.29, 0.717) is 18.3 Å². The Balaban J connectivity index is 1.59. The van der Waals surface area contributed by atoms with E-state index >= 15 is 0 Å². The number of hydrogen-bond acceptors (Lipinski definition) is 3. The van der Waals surface area contributed by atoms with Crippen LogP contribution in [-0.2, 0) is 4.79 Å². The summed E-state index contributed by atoms with van der Waals surface area (Å²) in [6.45, 7) is 3.57. The van der Waals surface area contributed by atoms with Crippen LogP contribution in [0.2, 0.25) is 0 Å². The number of carbonyl (C=O) groups excluding carboxylic acids is 2. The van der Waals surface area contributed by atoms with Crippen molar-refractivity contribution in [3.8, 4) is 0 Å². The molecule has 4 rings (SSSR count). The maximum absolute atomic E-state index is 12.5. The zero-order valence-electron chi connectivity index (χ0n) is 13.8. The molecule has 23 heavy (non-hydrogen) atoms. The molecule has 1 saturated carbocycles. The number of anilines is 1. The average molecular weight is 312 g/mol. The van der Waals surface area contributed by atoms with Crippen LogP contribution in [0.3, 0.4) is 0 Å². The second-order valence-electron chi connectivity index (χ2n) is 7.29. The van der Waals surface area contributed by atoms with E-state index in [2.05, 4.69) is 4.90 Å². The molecule has 2 fully saturated rings. The summed E-state index contributed by atoms with van der Waals surface area (Å²) in [5, 5.41) is 0. The van der Waals surface area contributed by atoms with Crippen molar-refractivity contribution in [3.05, 3.63) is 29.3 Å². The number of piperidine rings is 1. The summed E-state index contributed by atoms with van der Waals surface area (Å²) < 4.78 is 0. The summed E-state index contributed by atoms with van der Waals surface area (Å²) in [5.74, 6) is 0.0767. The van der Waals surface area contributed by atoms with E-state index in [1.165, 1.54) is 38.5 Å². The molecule has 0 radical (unpaired) electrons. The highest BCUT2D eigenvalue weighted by molar-refractivity contribution is 6.52. The molecular formula is C19H24N2O2. The number of ketones is 1. The molecule has 122 valence electrons. The number of hydrogen-bond donors (Lipinski definition) is 0. The highest BCUT2D eigenvalue weighted by Gasteiger charge is 2.40. The second-order valence-corrected chi connectivity index (χ2v) is 7.29. The van der Waals surface area contributed by atoms with Crippen molar-refractivity contribution >= 4 is 17.4 Å². The van der Waals surface area contributed by atoms with Crippen molar-refractivity contribution < 1.29 is 9.59 Å². The zero-order chi connectivity index (χ0) is 16.0. The van der Waals surface area contributed by atoms with Crippen molar-refractivity contribution in [1.82, 2.24) is 4.90 Å². The number of aryl methyl sites for hydroxylation is 1. The predicted octanol–water partition coefficient (Wildman–Crippen LogP) is 3.14. The van der Waals surface area contributed by atoms with Crippen LogP contribution in [-0.4, -0.2) is 35.8 Å². The Morgan fingerprint density at radius 2 is 1.87 bits per heavy atom. The van der Waals surface area contributed by atoms with Crippen LogP contribution >= 0.6 is 0 Å². The van der Waals surface area contributed by atoms with Crippen molar-refractivity contribution in [3.63, 3.8) is 0 Å². The molecule has 1 aromatic carbocycles. The largest absolute Gasteiger partial charge is 0.300 e. The normalized spacial score (nSPS) is 28.0. The number of carbonyl (C=O) groups is 2. The Morgan fingerprint density at radius 3 is 2.74 bits per heavy atom. The number of benzene rings is 1. The lowest BCUT2D eigenvalue weighted by atomic mass is 9.78. The van der Waals surface area contributed by atoms with Gasteiger partial charge in [-0.15, -0.1) is 0 Å². The first kappa shape index (κ1) is 14.9. The molecule has 0 unspecified atom stereocenters. The van der Waals surface area contributed by atoms with Crippen LogP contribution in [0.25, 0.3) is 0 Å². The summed E-state index contributed by atoms with van der Waals surface area (Å²) in [6.07, 6.45) is 7.73. The van der Waals surface area contributed by atoms with E-state index in [9.17, 15) is 9.59 Å². The lowest BCUT2D eigenvalue weighted by molar-refractivity contribution is -0.115. The van der Waals surface area contributed by atoms with Crippen LogP contribution in [0.15, 0.2) is 18.2 Å². The molecule has 1 amide bonds. The predicted molar refractivity (Wildman–Crippen MR) is 89.5 cm³/mol. The first-order valence-corrected chi connectivity index (χ1v) is 8.86. The highest BCUT2D eigenvalue weighted by Crippen LogP contribution is 2.37. The highest BCUT2D eigenvalue weighted by atomic mass is 16.2. The Kier molecular flexibility index (Phi) is 3.72. The van der Waals surface area contributed by atoms with Crippen molar-refractivity contribution in [2.45, 2.75) is 51.5 Å². The third kappa shape index (κ3) is 2.49. The minimum atomic E-state index is -0.358. The Bertz CT molecular complexity index is 653. The molecule has 0 N–H and O–H groups in total. The average Bonchev–Trinajstić information content (AvgIpc) is 2.80. The molecule has 3 aliphatic rings.